The number of carbonyl (C=O) groups excluding carboxylic acids is 1. The number of hydrogen-bond acceptors (Lipinski definition) is 6. The lowest BCUT2D eigenvalue weighted by atomic mass is 10.0. The van der Waals surface area contributed by atoms with Crippen LogP contribution in [0.25, 0.3) is 22.5 Å². The molecule has 174 valence electrons. The first kappa shape index (κ1) is 23.8. The van der Waals surface area contributed by atoms with E-state index >= 15 is 0 Å². The van der Waals surface area contributed by atoms with Crippen molar-refractivity contribution in [3.05, 3.63) is 77.0 Å². The molecule has 0 saturated heterocycles. The number of rotatable bonds is 9. The number of thioether (sulfide) groups is 1. The second-order valence-electron chi connectivity index (χ2n) is 7.69. The molecule has 0 bridgehead atoms. The molecule has 0 fully saturated rings. The number of amides is 1. The van der Waals surface area contributed by atoms with Crippen LogP contribution in [-0.2, 0) is 11.3 Å². The number of para-hydroxylation sites is 2. The first-order chi connectivity index (χ1) is 16.5. The number of hydrogen-bond donors (Lipinski definition) is 1. The number of nitrogens with one attached hydrogen (secondary N) is 1. The molecule has 8 heteroatoms. The van der Waals surface area contributed by atoms with Crippen molar-refractivity contribution >= 4 is 34.7 Å². The van der Waals surface area contributed by atoms with Gasteiger partial charge in [0.1, 0.15) is 5.75 Å². The monoisotopic (exact) mass is 490 g/mol. The standard InChI is InChI=1S/C26H26N4O2S2/c1-5-14-30-25(20-15-33-18(3)24(20)19-12-10-17(2)11-13-19)28-29-26(30)34-16-23(31)27-21-8-6-7-9-22(21)32-4/h5-13,15H,1,14,16H2,2-4H3,(H,27,31). The topological polar surface area (TPSA) is 69.0 Å². The number of carbonyl (C=O) groups is 1. The fourth-order valence-corrected chi connectivity index (χ4v) is 5.26. The smallest absolute Gasteiger partial charge is 0.234 e. The summed E-state index contributed by atoms with van der Waals surface area (Å²) in [5.41, 5.74) is 5.20. The molecule has 4 rings (SSSR count). The molecule has 2 heterocycles. The molecule has 34 heavy (non-hydrogen) atoms. The predicted octanol–water partition coefficient (Wildman–Crippen LogP) is 6.22. The Bertz CT molecular complexity index is 1310. The highest BCUT2D eigenvalue weighted by Gasteiger charge is 2.21. The summed E-state index contributed by atoms with van der Waals surface area (Å²) in [5, 5.41) is 14.6. The van der Waals surface area contributed by atoms with Crippen molar-refractivity contribution in [2.45, 2.75) is 25.5 Å². The summed E-state index contributed by atoms with van der Waals surface area (Å²) in [5.74, 6) is 1.44. The molecule has 0 spiro atoms. The maximum Gasteiger partial charge on any atom is 0.234 e. The van der Waals surface area contributed by atoms with Gasteiger partial charge < -0.3 is 10.1 Å². The van der Waals surface area contributed by atoms with Crippen LogP contribution in [0.1, 0.15) is 10.4 Å². The van der Waals surface area contributed by atoms with E-state index < -0.39 is 0 Å². The summed E-state index contributed by atoms with van der Waals surface area (Å²) in [7, 11) is 1.58. The third kappa shape index (κ3) is 5.08. The lowest BCUT2D eigenvalue weighted by Gasteiger charge is -2.11. The number of nitrogens with zero attached hydrogens (tertiary/aromatic N) is 3. The number of allylic oxidation sites excluding steroid dienone is 1. The van der Waals surface area contributed by atoms with Crippen LogP contribution in [0.2, 0.25) is 0 Å². The summed E-state index contributed by atoms with van der Waals surface area (Å²) >= 11 is 3.04. The van der Waals surface area contributed by atoms with Crippen LogP contribution < -0.4 is 10.1 Å². The van der Waals surface area contributed by atoms with Crippen molar-refractivity contribution in [2.75, 3.05) is 18.2 Å². The third-order valence-corrected chi connectivity index (χ3v) is 7.18. The first-order valence-electron chi connectivity index (χ1n) is 10.8. The van der Waals surface area contributed by atoms with Gasteiger partial charge in [-0.3, -0.25) is 9.36 Å². The molecule has 2 aromatic carbocycles. The number of aryl methyl sites for hydroxylation is 2. The predicted molar refractivity (Wildman–Crippen MR) is 141 cm³/mol. The lowest BCUT2D eigenvalue weighted by molar-refractivity contribution is -0.113. The van der Waals surface area contributed by atoms with Crippen LogP contribution >= 0.6 is 23.1 Å². The van der Waals surface area contributed by atoms with Crippen molar-refractivity contribution in [1.29, 1.82) is 0 Å². The summed E-state index contributed by atoms with van der Waals surface area (Å²) in [4.78, 5) is 13.8. The summed E-state index contributed by atoms with van der Waals surface area (Å²) in [6, 6.07) is 15.8. The third-order valence-electron chi connectivity index (χ3n) is 5.30. The van der Waals surface area contributed by atoms with E-state index in [0.717, 1.165) is 22.5 Å². The van der Waals surface area contributed by atoms with E-state index in [9.17, 15) is 4.79 Å². The highest BCUT2D eigenvalue weighted by Crippen LogP contribution is 2.39. The largest absolute Gasteiger partial charge is 0.495 e. The maximum absolute atomic E-state index is 12.6. The minimum Gasteiger partial charge on any atom is -0.495 e. The second-order valence-corrected chi connectivity index (χ2v) is 9.72. The van der Waals surface area contributed by atoms with Crippen LogP contribution in [-0.4, -0.2) is 33.5 Å². The normalized spacial score (nSPS) is 10.8. The van der Waals surface area contributed by atoms with Gasteiger partial charge >= 0.3 is 0 Å². The molecule has 0 saturated carbocycles. The minimum atomic E-state index is -0.143. The van der Waals surface area contributed by atoms with Gasteiger partial charge in [-0.25, -0.2) is 0 Å². The maximum atomic E-state index is 12.6. The number of ether oxygens (including phenoxy) is 1. The Morgan fingerprint density at radius 2 is 1.94 bits per heavy atom. The Morgan fingerprint density at radius 3 is 2.68 bits per heavy atom. The SMILES string of the molecule is C=CCn1c(SCC(=O)Nc2ccccc2OC)nnc1-c1csc(C)c1-c1ccc(C)cc1. The molecule has 0 aliphatic rings. The molecule has 6 nitrogen and oxygen atoms in total. The minimum absolute atomic E-state index is 0.143. The van der Waals surface area contributed by atoms with E-state index in [4.69, 9.17) is 4.74 Å². The van der Waals surface area contributed by atoms with Crippen LogP contribution in [0.5, 0.6) is 5.75 Å². The Balaban J connectivity index is 1.58. The second kappa shape index (κ2) is 10.7. The van der Waals surface area contributed by atoms with E-state index in [1.165, 1.54) is 22.2 Å². The summed E-state index contributed by atoms with van der Waals surface area (Å²) < 4.78 is 7.32. The number of benzene rings is 2. The molecule has 4 aromatic rings. The van der Waals surface area contributed by atoms with Gasteiger partial charge in [-0.1, -0.05) is 59.8 Å². The zero-order valence-electron chi connectivity index (χ0n) is 19.4. The Hall–Kier alpha value is -3.36. The highest BCUT2D eigenvalue weighted by atomic mass is 32.2. The molecule has 2 aromatic heterocycles. The van der Waals surface area contributed by atoms with Crippen LogP contribution in [0, 0.1) is 13.8 Å². The molecule has 1 N–H and O–H groups in total. The summed E-state index contributed by atoms with van der Waals surface area (Å²) in [6.45, 7) is 8.65. The number of anilines is 1. The molecule has 0 aliphatic carbocycles. The lowest BCUT2D eigenvalue weighted by Crippen LogP contribution is -2.15. The Morgan fingerprint density at radius 1 is 1.18 bits per heavy atom. The quantitative estimate of drug-likeness (QED) is 0.223. The van der Waals surface area contributed by atoms with E-state index in [0.29, 0.717) is 23.1 Å². The van der Waals surface area contributed by atoms with Gasteiger partial charge in [-0.05, 0) is 31.5 Å². The van der Waals surface area contributed by atoms with E-state index in [1.54, 1.807) is 18.4 Å². The zero-order chi connectivity index (χ0) is 24.1. The summed E-state index contributed by atoms with van der Waals surface area (Å²) in [6.07, 6.45) is 1.82. The van der Waals surface area contributed by atoms with Gasteiger partial charge in [0.15, 0.2) is 11.0 Å². The van der Waals surface area contributed by atoms with Gasteiger partial charge in [-0.15, -0.1) is 28.1 Å². The van der Waals surface area contributed by atoms with Crippen molar-refractivity contribution in [3.63, 3.8) is 0 Å². The van der Waals surface area contributed by atoms with Gasteiger partial charge in [0.2, 0.25) is 5.91 Å². The van der Waals surface area contributed by atoms with Gasteiger partial charge in [0.25, 0.3) is 0 Å². The van der Waals surface area contributed by atoms with Crippen molar-refractivity contribution < 1.29 is 9.53 Å². The number of aromatic nitrogens is 3. The highest BCUT2D eigenvalue weighted by molar-refractivity contribution is 7.99. The molecule has 0 aliphatic heterocycles. The average Bonchev–Trinajstić information content (AvgIpc) is 3.42. The van der Waals surface area contributed by atoms with Crippen LogP contribution in [0.15, 0.2) is 71.7 Å². The van der Waals surface area contributed by atoms with Crippen molar-refractivity contribution in [1.82, 2.24) is 14.8 Å². The molecule has 1 amide bonds. The van der Waals surface area contributed by atoms with E-state index in [-0.39, 0.29) is 11.7 Å². The fourth-order valence-electron chi connectivity index (χ4n) is 3.65. The Kier molecular flexibility index (Phi) is 7.49. The van der Waals surface area contributed by atoms with E-state index in [2.05, 4.69) is 65.6 Å². The molecular formula is C26H26N4O2S2. The van der Waals surface area contributed by atoms with Crippen LogP contribution in [0.3, 0.4) is 0 Å². The average molecular weight is 491 g/mol. The first-order valence-corrected chi connectivity index (χ1v) is 12.6. The van der Waals surface area contributed by atoms with E-state index in [1.807, 2.05) is 34.9 Å². The van der Waals surface area contributed by atoms with Crippen LogP contribution in [0.4, 0.5) is 5.69 Å². The van der Waals surface area contributed by atoms with Crippen molar-refractivity contribution in [3.8, 4) is 28.3 Å². The van der Waals surface area contributed by atoms with Crippen molar-refractivity contribution in [2.24, 2.45) is 0 Å². The van der Waals surface area contributed by atoms with Gasteiger partial charge in [0, 0.05) is 27.9 Å². The van der Waals surface area contributed by atoms with Gasteiger partial charge in [-0.2, -0.15) is 0 Å². The van der Waals surface area contributed by atoms with Gasteiger partial charge in [0.05, 0.1) is 18.6 Å². The zero-order valence-corrected chi connectivity index (χ0v) is 21.0. The number of methoxy groups -OCH3 is 1. The number of thiophene rings is 1. The Labute approximate surface area is 207 Å². The fraction of sp³-hybridized carbons (Fsp3) is 0.192. The molecule has 0 radical (unpaired) electrons. The molecule has 0 unspecified atom stereocenters. The molecule has 0 atom stereocenters. The molecular weight excluding hydrogens is 464 g/mol.